The van der Waals surface area contributed by atoms with Gasteiger partial charge in [-0.1, -0.05) is 12.1 Å². The van der Waals surface area contributed by atoms with Gasteiger partial charge in [0.2, 0.25) is 15.9 Å². The van der Waals surface area contributed by atoms with Gasteiger partial charge in [-0.25, -0.2) is 23.2 Å². The zero-order valence-electron chi connectivity index (χ0n) is 18.6. The molecule has 32 heavy (non-hydrogen) atoms. The number of aryl methyl sites for hydroxylation is 1. The number of primary sulfonamides is 1. The lowest BCUT2D eigenvalue weighted by Crippen LogP contribution is -2.30. The summed E-state index contributed by atoms with van der Waals surface area (Å²) < 4.78 is 25.8. The second-order valence-electron chi connectivity index (χ2n) is 8.62. The quantitative estimate of drug-likeness (QED) is 0.540. The minimum Gasteiger partial charge on any atom is -0.356 e. The van der Waals surface area contributed by atoms with Crippen LogP contribution in [-0.4, -0.2) is 40.2 Å². The standard InChI is InChI=1S/C21H28N6O4S/c1-14-25-19-17(13-24-27(19)21(2,3)4)20(29)26(14)12-10-18(28)23-11-9-15-5-7-16(8-6-15)32(22,30)31/h5-8,13H,9-12H2,1-4H3,(H,23,28)(H2,22,30,31). The third-order valence-corrected chi connectivity index (χ3v) is 5.99. The van der Waals surface area contributed by atoms with E-state index in [0.717, 1.165) is 5.56 Å². The van der Waals surface area contributed by atoms with Crippen LogP contribution in [0.15, 0.2) is 40.2 Å². The van der Waals surface area contributed by atoms with Crippen LogP contribution >= 0.6 is 0 Å². The van der Waals surface area contributed by atoms with Crippen molar-refractivity contribution >= 4 is 27.0 Å². The molecule has 0 radical (unpaired) electrons. The zero-order chi connectivity index (χ0) is 23.7. The molecule has 0 aliphatic heterocycles. The maximum atomic E-state index is 12.9. The number of nitrogens with two attached hydrogens (primary N) is 1. The van der Waals surface area contributed by atoms with E-state index >= 15 is 0 Å². The molecule has 0 saturated carbocycles. The first-order valence-corrected chi connectivity index (χ1v) is 11.8. The SMILES string of the molecule is Cc1nc2c(cnn2C(C)(C)C)c(=O)n1CCC(=O)NCCc1ccc(S(N)(=O)=O)cc1. The summed E-state index contributed by atoms with van der Waals surface area (Å²) in [6.07, 6.45) is 2.19. The first-order chi connectivity index (χ1) is 14.9. The molecule has 11 heteroatoms. The average Bonchev–Trinajstić information content (AvgIpc) is 3.12. The number of sulfonamides is 1. The number of carbonyl (C=O) groups is 1. The minimum absolute atomic E-state index is 0.0460. The van der Waals surface area contributed by atoms with Crippen LogP contribution in [0.3, 0.4) is 0 Å². The molecule has 0 saturated heterocycles. The molecule has 0 fully saturated rings. The smallest absolute Gasteiger partial charge is 0.264 e. The highest BCUT2D eigenvalue weighted by Gasteiger charge is 2.21. The van der Waals surface area contributed by atoms with E-state index in [1.807, 2.05) is 20.8 Å². The molecule has 0 atom stereocenters. The first-order valence-electron chi connectivity index (χ1n) is 10.2. The summed E-state index contributed by atoms with van der Waals surface area (Å²) in [7, 11) is -3.72. The Morgan fingerprint density at radius 3 is 2.44 bits per heavy atom. The number of carbonyl (C=O) groups excluding carboxylic acids is 1. The van der Waals surface area contributed by atoms with Crippen molar-refractivity contribution in [3.05, 3.63) is 52.2 Å². The molecule has 0 bridgehead atoms. The predicted molar refractivity (Wildman–Crippen MR) is 121 cm³/mol. The van der Waals surface area contributed by atoms with E-state index in [1.54, 1.807) is 23.7 Å². The van der Waals surface area contributed by atoms with Gasteiger partial charge in [0.05, 0.1) is 16.6 Å². The molecule has 10 nitrogen and oxygen atoms in total. The third kappa shape index (κ3) is 5.22. The summed E-state index contributed by atoms with van der Waals surface area (Å²) in [4.78, 5) is 29.7. The molecule has 0 unspecified atom stereocenters. The van der Waals surface area contributed by atoms with Gasteiger partial charge in [0.25, 0.3) is 5.56 Å². The summed E-state index contributed by atoms with van der Waals surface area (Å²) in [5, 5.41) is 12.6. The van der Waals surface area contributed by atoms with E-state index in [-0.39, 0.29) is 34.9 Å². The van der Waals surface area contributed by atoms with Crippen LogP contribution < -0.4 is 16.0 Å². The van der Waals surface area contributed by atoms with Crippen molar-refractivity contribution in [3.8, 4) is 0 Å². The van der Waals surface area contributed by atoms with Crippen LogP contribution in [0.5, 0.6) is 0 Å². The molecule has 172 valence electrons. The molecule has 2 aromatic heterocycles. The molecule has 3 N–H and O–H groups in total. The molecule has 1 aromatic carbocycles. The maximum Gasteiger partial charge on any atom is 0.264 e. The van der Waals surface area contributed by atoms with E-state index in [1.165, 1.54) is 22.9 Å². The highest BCUT2D eigenvalue weighted by Crippen LogP contribution is 2.18. The largest absolute Gasteiger partial charge is 0.356 e. The van der Waals surface area contributed by atoms with E-state index in [4.69, 9.17) is 5.14 Å². The molecular weight excluding hydrogens is 432 g/mol. The summed E-state index contributed by atoms with van der Waals surface area (Å²) in [5.74, 6) is 0.333. The highest BCUT2D eigenvalue weighted by molar-refractivity contribution is 7.89. The van der Waals surface area contributed by atoms with Gasteiger partial charge in [-0.15, -0.1) is 0 Å². The molecular formula is C21H28N6O4S. The molecule has 0 aliphatic carbocycles. The predicted octanol–water partition coefficient (Wildman–Crippen LogP) is 1.05. The Bertz CT molecular complexity index is 1300. The molecule has 3 rings (SSSR count). The second kappa shape index (κ2) is 8.83. The normalized spacial score (nSPS) is 12.3. The molecule has 1 amide bonds. The number of benzene rings is 1. The van der Waals surface area contributed by atoms with Crippen molar-refractivity contribution in [2.45, 2.75) is 57.5 Å². The third-order valence-electron chi connectivity index (χ3n) is 5.06. The van der Waals surface area contributed by atoms with Gasteiger partial charge in [0.1, 0.15) is 11.2 Å². The molecule has 2 heterocycles. The second-order valence-corrected chi connectivity index (χ2v) is 10.2. The molecule has 3 aromatic rings. The highest BCUT2D eigenvalue weighted by atomic mass is 32.2. The minimum atomic E-state index is -3.72. The van der Waals surface area contributed by atoms with Gasteiger partial charge < -0.3 is 5.32 Å². The Labute approximate surface area is 186 Å². The average molecular weight is 461 g/mol. The van der Waals surface area contributed by atoms with Crippen LogP contribution in [0.2, 0.25) is 0 Å². The number of nitrogens with zero attached hydrogens (tertiary/aromatic N) is 4. The van der Waals surface area contributed by atoms with Crippen molar-refractivity contribution in [2.75, 3.05) is 6.54 Å². The van der Waals surface area contributed by atoms with E-state index in [9.17, 15) is 18.0 Å². The van der Waals surface area contributed by atoms with Crippen LogP contribution in [0.25, 0.3) is 11.0 Å². The fourth-order valence-corrected chi connectivity index (χ4v) is 3.87. The lowest BCUT2D eigenvalue weighted by molar-refractivity contribution is -0.121. The fourth-order valence-electron chi connectivity index (χ4n) is 3.35. The van der Waals surface area contributed by atoms with Crippen molar-refractivity contribution in [1.29, 1.82) is 0 Å². The van der Waals surface area contributed by atoms with Crippen LogP contribution in [0, 0.1) is 6.92 Å². The Morgan fingerprint density at radius 2 is 1.84 bits per heavy atom. The van der Waals surface area contributed by atoms with Crippen molar-refractivity contribution in [3.63, 3.8) is 0 Å². The number of amides is 1. The van der Waals surface area contributed by atoms with E-state index in [2.05, 4.69) is 15.4 Å². The van der Waals surface area contributed by atoms with Gasteiger partial charge in [0, 0.05) is 19.5 Å². The molecule has 0 aliphatic rings. The Morgan fingerprint density at radius 1 is 1.19 bits per heavy atom. The van der Waals surface area contributed by atoms with E-state index < -0.39 is 10.0 Å². The van der Waals surface area contributed by atoms with E-state index in [0.29, 0.717) is 29.8 Å². The number of fused-ring (bicyclic) bond motifs is 1. The summed E-state index contributed by atoms with van der Waals surface area (Å²) in [6, 6.07) is 6.19. The zero-order valence-corrected chi connectivity index (χ0v) is 19.4. The summed E-state index contributed by atoms with van der Waals surface area (Å²) in [6.45, 7) is 8.30. The van der Waals surface area contributed by atoms with Crippen LogP contribution in [0.1, 0.15) is 38.6 Å². The Balaban J connectivity index is 1.59. The first kappa shape index (κ1) is 23.6. The van der Waals surface area contributed by atoms with Crippen molar-refractivity contribution < 1.29 is 13.2 Å². The Hall–Kier alpha value is -3.05. The lowest BCUT2D eigenvalue weighted by atomic mass is 10.1. The monoisotopic (exact) mass is 460 g/mol. The number of rotatable bonds is 7. The van der Waals surface area contributed by atoms with Gasteiger partial charge in [-0.2, -0.15) is 5.10 Å². The van der Waals surface area contributed by atoms with Gasteiger partial charge in [0.15, 0.2) is 5.65 Å². The number of nitrogens with one attached hydrogen (secondary N) is 1. The lowest BCUT2D eigenvalue weighted by Gasteiger charge is -2.20. The van der Waals surface area contributed by atoms with Gasteiger partial charge >= 0.3 is 0 Å². The van der Waals surface area contributed by atoms with Crippen LogP contribution in [0.4, 0.5) is 0 Å². The molecule has 0 spiro atoms. The van der Waals surface area contributed by atoms with Crippen molar-refractivity contribution in [1.82, 2.24) is 24.6 Å². The topological polar surface area (TPSA) is 142 Å². The van der Waals surface area contributed by atoms with Gasteiger partial charge in [-0.05, 0) is 51.8 Å². The summed E-state index contributed by atoms with van der Waals surface area (Å²) in [5.41, 5.74) is 0.883. The maximum absolute atomic E-state index is 12.9. The van der Waals surface area contributed by atoms with Gasteiger partial charge in [-0.3, -0.25) is 14.2 Å². The number of aromatic nitrogens is 4. The van der Waals surface area contributed by atoms with Crippen LogP contribution in [-0.2, 0) is 33.3 Å². The Kier molecular flexibility index (Phi) is 6.51. The number of hydrogen-bond acceptors (Lipinski definition) is 6. The fraction of sp³-hybridized carbons (Fsp3) is 0.429. The summed E-state index contributed by atoms with van der Waals surface area (Å²) >= 11 is 0. The number of hydrogen-bond donors (Lipinski definition) is 2. The van der Waals surface area contributed by atoms with Crippen molar-refractivity contribution in [2.24, 2.45) is 5.14 Å².